The standard InChI is InChI=1S/C31H34N2O7S/c1-6-18-39-25-8-7-9-26-27(25)20(4)29(40-26)30(34)32-23-14-10-21(11-15-23)22-12-16-24(17-13-22)41(36,37)33-28(19(2)3)31(35)38-5/h7-17,19,28,33H,6,18H2,1-5H3,(H,32,34)/t28-/m0/s1. The lowest BCUT2D eigenvalue weighted by molar-refractivity contribution is -0.143. The number of amides is 1. The fourth-order valence-corrected chi connectivity index (χ4v) is 5.73. The fraction of sp³-hybridized carbons (Fsp3) is 0.290. The molecule has 0 aliphatic carbocycles. The van der Waals surface area contributed by atoms with Crippen molar-refractivity contribution in [2.24, 2.45) is 5.92 Å². The van der Waals surface area contributed by atoms with Crippen LogP contribution in [0.5, 0.6) is 5.75 Å². The fourth-order valence-electron chi connectivity index (χ4n) is 4.39. The average Bonchev–Trinajstić information content (AvgIpc) is 3.31. The zero-order valence-corrected chi connectivity index (χ0v) is 24.5. The van der Waals surface area contributed by atoms with E-state index in [0.29, 0.717) is 29.2 Å². The largest absolute Gasteiger partial charge is 0.493 e. The van der Waals surface area contributed by atoms with Gasteiger partial charge in [-0.1, -0.05) is 51.1 Å². The second-order valence-electron chi connectivity index (χ2n) is 9.96. The van der Waals surface area contributed by atoms with E-state index in [1.807, 2.05) is 38.1 Å². The molecule has 216 valence electrons. The van der Waals surface area contributed by atoms with E-state index in [4.69, 9.17) is 13.9 Å². The van der Waals surface area contributed by atoms with Crippen molar-refractivity contribution in [3.05, 3.63) is 78.1 Å². The number of hydrogen-bond donors (Lipinski definition) is 2. The summed E-state index contributed by atoms with van der Waals surface area (Å²) < 4.78 is 44.6. The summed E-state index contributed by atoms with van der Waals surface area (Å²) in [5.74, 6) is -0.403. The Balaban J connectivity index is 1.47. The number of rotatable bonds is 11. The van der Waals surface area contributed by atoms with Crippen molar-refractivity contribution in [3.63, 3.8) is 0 Å². The average molecular weight is 579 g/mol. The molecule has 10 heteroatoms. The first kappa shape index (κ1) is 29.8. The number of fused-ring (bicyclic) bond motifs is 1. The molecule has 0 bridgehead atoms. The smallest absolute Gasteiger partial charge is 0.324 e. The molecule has 0 unspecified atom stereocenters. The summed E-state index contributed by atoms with van der Waals surface area (Å²) >= 11 is 0. The summed E-state index contributed by atoms with van der Waals surface area (Å²) in [5, 5.41) is 3.66. The normalized spacial score (nSPS) is 12.3. The molecule has 2 N–H and O–H groups in total. The molecule has 0 radical (unpaired) electrons. The van der Waals surface area contributed by atoms with Crippen LogP contribution in [-0.4, -0.2) is 40.1 Å². The van der Waals surface area contributed by atoms with Gasteiger partial charge in [0.25, 0.3) is 5.91 Å². The van der Waals surface area contributed by atoms with Crippen LogP contribution in [0, 0.1) is 12.8 Å². The van der Waals surface area contributed by atoms with Crippen LogP contribution in [0.2, 0.25) is 0 Å². The topological polar surface area (TPSA) is 124 Å². The summed E-state index contributed by atoms with van der Waals surface area (Å²) in [6, 6.07) is 18.0. The molecule has 4 rings (SSSR count). The van der Waals surface area contributed by atoms with Crippen molar-refractivity contribution in [1.29, 1.82) is 0 Å². The number of esters is 1. The van der Waals surface area contributed by atoms with Crippen molar-refractivity contribution < 1.29 is 31.9 Å². The number of furan rings is 1. The Morgan fingerprint density at radius 3 is 2.17 bits per heavy atom. The summed E-state index contributed by atoms with van der Waals surface area (Å²) in [6.07, 6.45) is 0.868. The molecule has 0 aliphatic heterocycles. The number of benzene rings is 3. The van der Waals surface area contributed by atoms with Crippen LogP contribution >= 0.6 is 0 Å². The summed E-state index contributed by atoms with van der Waals surface area (Å²) in [6.45, 7) is 7.90. The zero-order chi connectivity index (χ0) is 29.7. The van der Waals surface area contributed by atoms with E-state index in [1.54, 1.807) is 44.2 Å². The minimum absolute atomic E-state index is 0.0316. The molecule has 3 aromatic carbocycles. The van der Waals surface area contributed by atoms with Crippen LogP contribution in [0.25, 0.3) is 22.1 Å². The molecule has 1 atom stereocenters. The highest BCUT2D eigenvalue weighted by Gasteiger charge is 2.29. The van der Waals surface area contributed by atoms with E-state index < -0.39 is 22.0 Å². The molecule has 0 spiro atoms. The molecule has 1 aromatic heterocycles. The third-order valence-corrected chi connectivity index (χ3v) is 8.09. The van der Waals surface area contributed by atoms with Crippen molar-refractivity contribution in [2.45, 2.75) is 45.1 Å². The molecule has 9 nitrogen and oxygen atoms in total. The quantitative estimate of drug-likeness (QED) is 0.212. The van der Waals surface area contributed by atoms with Crippen LogP contribution in [0.3, 0.4) is 0 Å². The van der Waals surface area contributed by atoms with Gasteiger partial charge in [-0.25, -0.2) is 8.42 Å². The third kappa shape index (κ3) is 6.61. The number of nitrogens with one attached hydrogen (secondary N) is 2. The maximum absolute atomic E-state index is 13.1. The van der Waals surface area contributed by atoms with E-state index in [1.165, 1.54) is 19.2 Å². The highest BCUT2D eigenvalue weighted by Crippen LogP contribution is 2.34. The Kier molecular flexibility index (Phi) is 9.14. The molecule has 0 saturated heterocycles. The first-order chi connectivity index (χ1) is 19.6. The molecule has 0 saturated carbocycles. The van der Waals surface area contributed by atoms with Crippen LogP contribution < -0.4 is 14.8 Å². The monoisotopic (exact) mass is 578 g/mol. The van der Waals surface area contributed by atoms with E-state index in [0.717, 1.165) is 22.9 Å². The first-order valence-corrected chi connectivity index (χ1v) is 14.8. The number of anilines is 1. The molecule has 1 heterocycles. The SMILES string of the molecule is CCCOc1cccc2oc(C(=O)Nc3ccc(-c4ccc(S(=O)(=O)N[C@H](C(=O)OC)C(C)C)cc4)cc3)c(C)c12. The summed E-state index contributed by atoms with van der Waals surface area (Å²) in [5.41, 5.74) is 3.47. The van der Waals surface area contributed by atoms with Crippen LogP contribution in [0.4, 0.5) is 5.69 Å². The van der Waals surface area contributed by atoms with Gasteiger partial charge in [0.1, 0.15) is 17.4 Å². The highest BCUT2D eigenvalue weighted by atomic mass is 32.2. The molecular weight excluding hydrogens is 544 g/mol. The predicted octanol–water partition coefficient (Wildman–Crippen LogP) is 5.93. The Bertz CT molecular complexity index is 1640. The van der Waals surface area contributed by atoms with Gasteiger partial charge in [-0.05, 0) is 66.8 Å². The van der Waals surface area contributed by atoms with Crippen molar-refractivity contribution in [3.8, 4) is 16.9 Å². The van der Waals surface area contributed by atoms with Gasteiger partial charge in [0.2, 0.25) is 10.0 Å². The number of ether oxygens (including phenoxy) is 2. The second-order valence-corrected chi connectivity index (χ2v) is 11.7. The summed E-state index contributed by atoms with van der Waals surface area (Å²) in [7, 11) is -2.72. The maximum Gasteiger partial charge on any atom is 0.324 e. The molecule has 0 fully saturated rings. The van der Waals surface area contributed by atoms with Gasteiger partial charge in [0.15, 0.2) is 5.76 Å². The Morgan fingerprint density at radius 2 is 1.59 bits per heavy atom. The number of methoxy groups -OCH3 is 1. The van der Waals surface area contributed by atoms with Gasteiger partial charge in [0.05, 0.1) is 24.0 Å². The van der Waals surface area contributed by atoms with E-state index >= 15 is 0 Å². The lowest BCUT2D eigenvalue weighted by Crippen LogP contribution is -2.44. The molecule has 0 aliphatic rings. The van der Waals surface area contributed by atoms with Gasteiger partial charge in [-0.2, -0.15) is 4.72 Å². The number of aryl methyl sites for hydroxylation is 1. The van der Waals surface area contributed by atoms with E-state index in [9.17, 15) is 18.0 Å². The van der Waals surface area contributed by atoms with Gasteiger partial charge in [-0.3, -0.25) is 9.59 Å². The molecule has 1 amide bonds. The molecule has 4 aromatic rings. The molecular formula is C31H34N2O7S. The first-order valence-electron chi connectivity index (χ1n) is 13.3. The highest BCUT2D eigenvalue weighted by molar-refractivity contribution is 7.89. The lowest BCUT2D eigenvalue weighted by Gasteiger charge is -2.19. The lowest BCUT2D eigenvalue weighted by atomic mass is 10.1. The van der Waals surface area contributed by atoms with Gasteiger partial charge < -0.3 is 19.2 Å². The second kappa shape index (κ2) is 12.6. The van der Waals surface area contributed by atoms with Gasteiger partial charge in [-0.15, -0.1) is 0 Å². The number of carbonyl (C=O) groups excluding carboxylic acids is 2. The number of carbonyl (C=O) groups is 2. The van der Waals surface area contributed by atoms with Crippen LogP contribution in [-0.2, 0) is 19.6 Å². The summed E-state index contributed by atoms with van der Waals surface area (Å²) in [4.78, 5) is 25.1. The third-order valence-electron chi connectivity index (χ3n) is 6.63. The van der Waals surface area contributed by atoms with Crippen LogP contribution in [0.15, 0.2) is 76.0 Å². The van der Waals surface area contributed by atoms with Crippen molar-refractivity contribution in [1.82, 2.24) is 4.72 Å². The Hall–Kier alpha value is -4.15. The minimum atomic E-state index is -3.94. The zero-order valence-electron chi connectivity index (χ0n) is 23.7. The van der Waals surface area contributed by atoms with Gasteiger partial charge in [0, 0.05) is 11.3 Å². The Labute approximate surface area is 239 Å². The van der Waals surface area contributed by atoms with Crippen LogP contribution in [0.1, 0.15) is 43.3 Å². The molecule has 41 heavy (non-hydrogen) atoms. The van der Waals surface area contributed by atoms with E-state index in [-0.39, 0.29) is 22.5 Å². The van der Waals surface area contributed by atoms with Crippen molar-refractivity contribution in [2.75, 3.05) is 19.0 Å². The van der Waals surface area contributed by atoms with E-state index in [2.05, 4.69) is 10.0 Å². The number of hydrogen-bond acceptors (Lipinski definition) is 7. The Morgan fingerprint density at radius 1 is 0.951 bits per heavy atom. The maximum atomic E-state index is 13.1. The van der Waals surface area contributed by atoms with Crippen molar-refractivity contribution >= 4 is 38.6 Å². The minimum Gasteiger partial charge on any atom is -0.493 e. The predicted molar refractivity (Wildman–Crippen MR) is 158 cm³/mol. The number of sulfonamides is 1. The van der Waals surface area contributed by atoms with Gasteiger partial charge >= 0.3 is 5.97 Å².